The molecule has 1 amide bonds. The van der Waals surface area contributed by atoms with Crippen LogP contribution in [0, 0.1) is 6.92 Å². The molecule has 11 heteroatoms. The lowest BCUT2D eigenvalue weighted by molar-refractivity contribution is -0.128. The minimum Gasteiger partial charge on any atom is -0.328 e. The largest absolute Gasteiger partial charge is 0.332 e. The zero-order valence-corrected chi connectivity index (χ0v) is 18.9. The van der Waals surface area contributed by atoms with Gasteiger partial charge in [0, 0.05) is 31.4 Å². The molecule has 0 N–H and O–H groups in total. The van der Waals surface area contributed by atoms with E-state index in [1.54, 1.807) is 17.7 Å². The average Bonchev–Trinajstić information content (AvgIpc) is 3.14. The maximum atomic E-state index is 13.1. The van der Waals surface area contributed by atoms with Crippen LogP contribution in [0.2, 0.25) is 5.02 Å². The van der Waals surface area contributed by atoms with Gasteiger partial charge in [0.15, 0.2) is 16.3 Å². The molecule has 1 aromatic carbocycles. The first-order valence-corrected chi connectivity index (χ1v) is 11.0. The van der Waals surface area contributed by atoms with Crippen molar-refractivity contribution in [3.05, 3.63) is 56.0 Å². The van der Waals surface area contributed by atoms with Crippen molar-refractivity contribution in [2.75, 3.05) is 12.3 Å². The van der Waals surface area contributed by atoms with Crippen LogP contribution < -0.4 is 11.2 Å². The van der Waals surface area contributed by atoms with E-state index in [0.29, 0.717) is 22.4 Å². The van der Waals surface area contributed by atoms with Crippen LogP contribution in [0.3, 0.4) is 0 Å². The lowest BCUT2D eigenvalue weighted by Crippen LogP contribution is -2.47. The molecule has 3 heterocycles. The third kappa shape index (κ3) is 3.92. The van der Waals surface area contributed by atoms with Crippen LogP contribution in [0.15, 0.2) is 39.1 Å². The molecule has 0 saturated carbocycles. The molecular weight excluding hydrogens is 440 g/mol. The van der Waals surface area contributed by atoms with Gasteiger partial charge in [-0.15, -0.1) is 0 Å². The first-order chi connectivity index (χ1) is 14.8. The van der Waals surface area contributed by atoms with E-state index in [0.717, 1.165) is 22.3 Å². The van der Waals surface area contributed by atoms with Crippen LogP contribution in [-0.2, 0) is 25.4 Å². The second kappa shape index (κ2) is 8.35. The Morgan fingerprint density at radius 2 is 2.06 bits per heavy atom. The molecule has 9 nitrogen and oxygen atoms in total. The first kappa shape index (κ1) is 21.4. The monoisotopic (exact) mass is 460 g/mol. The summed E-state index contributed by atoms with van der Waals surface area (Å²) in [5.74, 6) is 0.454. The standard InChI is InChI=1S/C20H21ClN6O3S/c1-12-5-6-13(9-14(12)21)23-19-26(7-4-8-31-19)15(28)10-27-18(29)16-17(22-11-24(16)2)25(3)20(27)30/h5-6,9,11H,4,7-8,10H2,1-3H3. The van der Waals surface area contributed by atoms with Crippen LogP contribution >= 0.6 is 23.4 Å². The molecule has 1 saturated heterocycles. The number of rotatable bonds is 3. The summed E-state index contributed by atoms with van der Waals surface area (Å²) in [6.07, 6.45) is 2.26. The SMILES string of the molecule is Cc1ccc(N=C2SCCCN2C(=O)Cn2c(=O)c3c(ncn3C)n(C)c2=O)cc1Cl. The van der Waals surface area contributed by atoms with Gasteiger partial charge in [-0.1, -0.05) is 29.4 Å². The summed E-state index contributed by atoms with van der Waals surface area (Å²) in [7, 11) is 3.20. The fourth-order valence-corrected chi connectivity index (χ4v) is 4.55. The van der Waals surface area contributed by atoms with Gasteiger partial charge in [-0.05, 0) is 31.0 Å². The van der Waals surface area contributed by atoms with E-state index in [-0.39, 0.29) is 23.6 Å². The Labute approximate surface area is 187 Å². The second-order valence-electron chi connectivity index (χ2n) is 7.34. The molecule has 0 spiro atoms. The number of aliphatic imine (C=N–C) groups is 1. The Kier molecular flexibility index (Phi) is 5.76. The Morgan fingerprint density at radius 1 is 1.29 bits per heavy atom. The van der Waals surface area contributed by atoms with E-state index < -0.39 is 11.2 Å². The highest BCUT2D eigenvalue weighted by Crippen LogP contribution is 2.26. The predicted molar refractivity (Wildman–Crippen MR) is 122 cm³/mol. The number of benzene rings is 1. The summed E-state index contributed by atoms with van der Waals surface area (Å²) < 4.78 is 3.77. The van der Waals surface area contributed by atoms with Crippen molar-refractivity contribution in [1.82, 2.24) is 23.6 Å². The summed E-state index contributed by atoms with van der Waals surface area (Å²) >= 11 is 7.66. The molecule has 1 aliphatic heterocycles. The van der Waals surface area contributed by atoms with Gasteiger partial charge in [-0.2, -0.15) is 0 Å². The number of hydrogen-bond acceptors (Lipinski definition) is 6. The maximum absolute atomic E-state index is 13.1. The smallest absolute Gasteiger partial charge is 0.328 e. The molecule has 1 aliphatic rings. The lowest BCUT2D eigenvalue weighted by Gasteiger charge is -2.28. The molecule has 162 valence electrons. The van der Waals surface area contributed by atoms with E-state index in [2.05, 4.69) is 9.98 Å². The molecule has 4 rings (SSSR count). The van der Waals surface area contributed by atoms with Crippen LogP contribution in [0.5, 0.6) is 0 Å². The highest BCUT2D eigenvalue weighted by atomic mass is 35.5. The maximum Gasteiger partial charge on any atom is 0.332 e. The van der Waals surface area contributed by atoms with Crippen molar-refractivity contribution in [3.8, 4) is 0 Å². The van der Waals surface area contributed by atoms with Gasteiger partial charge in [0.1, 0.15) is 6.54 Å². The highest BCUT2D eigenvalue weighted by molar-refractivity contribution is 8.13. The van der Waals surface area contributed by atoms with Gasteiger partial charge in [0.05, 0.1) is 12.0 Å². The van der Waals surface area contributed by atoms with Crippen molar-refractivity contribution in [1.29, 1.82) is 0 Å². The van der Waals surface area contributed by atoms with Crippen molar-refractivity contribution < 1.29 is 4.79 Å². The summed E-state index contributed by atoms with van der Waals surface area (Å²) in [6, 6.07) is 5.45. The number of imidazole rings is 1. The number of halogens is 1. The number of thioether (sulfide) groups is 1. The molecule has 1 fully saturated rings. The summed E-state index contributed by atoms with van der Waals surface area (Å²) in [5.41, 5.74) is 1.01. The van der Waals surface area contributed by atoms with E-state index in [1.165, 1.54) is 34.6 Å². The molecule has 31 heavy (non-hydrogen) atoms. The second-order valence-corrected chi connectivity index (χ2v) is 8.81. The fourth-order valence-electron chi connectivity index (χ4n) is 3.40. The summed E-state index contributed by atoms with van der Waals surface area (Å²) in [4.78, 5) is 49.0. The number of carbonyl (C=O) groups excluding carboxylic acids is 1. The topological polar surface area (TPSA) is 94.5 Å². The number of nitrogens with zero attached hydrogens (tertiary/aromatic N) is 6. The van der Waals surface area contributed by atoms with Crippen LogP contribution in [-0.4, -0.2) is 47.0 Å². The van der Waals surface area contributed by atoms with E-state index in [1.807, 2.05) is 19.1 Å². The van der Waals surface area contributed by atoms with E-state index in [9.17, 15) is 14.4 Å². The Morgan fingerprint density at radius 3 is 2.81 bits per heavy atom. The Bertz CT molecular complexity index is 1340. The Hall–Kier alpha value is -2.85. The van der Waals surface area contributed by atoms with Crippen LogP contribution in [0.4, 0.5) is 5.69 Å². The predicted octanol–water partition coefficient (Wildman–Crippen LogP) is 2.05. The van der Waals surface area contributed by atoms with Gasteiger partial charge >= 0.3 is 5.69 Å². The number of amides is 1. The number of aryl methyl sites for hydroxylation is 3. The number of hydrogen-bond donors (Lipinski definition) is 0. The van der Waals surface area contributed by atoms with Gasteiger partial charge in [-0.3, -0.25) is 19.1 Å². The van der Waals surface area contributed by atoms with Gasteiger partial charge < -0.3 is 4.57 Å². The third-order valence-corrected chi connectivity index (χ3v) is 6.63. The zero-order valence-electron chi connectivity index (χ0n) is 17.3. The number of fused-ring (bicyclic) bond motifs is 1. The van der Waals surface area contributed by atoms with Crippen LogP contribution in [0.25, 0.3) is 11.2 Å². The average molecular weight is 461 g/mol. The van der Waals surface area contributed by atoms with E-state index in [4.69, 9.17) is 11.6 Å². The van der Waals surface area contributed by atoms with Gasteiger partial charge in [0.25, 0.3) is 5.56 Å². The van der Waals surface area contributed by atoms with Crippen molar-refractivity contribution >= 4 is 51.3 Å². The van der Waals surface area contributed by atoms with Crippen molar-refractivity contribution in [3.63, 3.8) is 0 Å². The van der Waals surface area contributed by atoms with Gasteiger partial charge in [0.2, 0.25) is 5.91 Å². The molecule has 0 bridgehead atoms. The normalized spacial score (nSPS) is 15.7. The quantitative estimate of drug-likeness (QED) is 0.596. The number of aromatic nitrogens is 4. The van der Waals surface area contributed by atoms with Crippen molar-refractivity contribution in [2.24, 2.45) is 19.1 Å². The minimum atomic E-state index is -0.585. The third-order valence-electron chi connectivity index (χ3n) is 5.16. The van der Waals surface area contributed by atoms with Crippen LogP contribution in [0.1, 0.15) is 12.0 Å². The number of carbonyl (C=O) groups is 1. The molecular formula is C20H21ClN6O3S. The van der Waals surface area contributed by atoms with Crippen molar-refractivity contribution in [2.45, 2.75) is 19.9 Å². The molecule has 2 aromatic heterocycles. The highest BCUT2D eigenvalue weighted by Gasteiger charge is 2.26. The molecule has 0 atom stereocenters. The number of amidine groups is 1. The first-order valence-electron chi connectivity index (χ1n) is 9.67. The summed E-state index contributed by atoms with van der Waals surface area (Å²) in [6.45, 7) is 2.00. The van der Waals surface area contributed by atoms with Gasteiger partial charge in [-0.25, -0.2) is 19.3 Å². The summed E-state index contributed by atoms with van der Waals surface area (Å²) in [5, 5.41) is 1.13. The molecule has 0 radical (unpaired) electrons. The molecule has 0 aliphatic carbocycles. The fraction of sp³-hybridized carbons (Fsp3) is 0.350. The Balaban J connectivity index is 1.69. The van der Waals surface area contributed by atoms with E-state index >= 15 is 0 Å². The minimum absolute atomic E-state index is 0.270. The molecule has 3 aromatic rings. The zero-order chi connectivity index (χ0) is 22.3. The molecule has 0 unspecified atom stereocenters. The lowest BCUT2D eigenvalue weighted by atomic mass is 10.2.